The van der Waals surface area contributed by atoms with E-state index in [0.29, 0.717) is 13.0 Å². The van der Waals surface area contributed by atoms with Gasteiger partial charge in [-0.15, -0.1) is 12.4 Å². The molecule has 4 nitrogen and oxygen atoms in total. The molecule has 1 aliphatic rings. The number of benzene rings is 1. The standard InChI is InChI=1S/C12H15NO3.ClH/c1-3-16-12(14)11-6-8-4-5-9(15-2)7-10(8)13-11;/h4-5,7,11,13H,3,6H2,1-2H3;1H/t11-;/m0./s1. The van der Waals surface area contributed by atoms with Gasteiger partial charge < -0.3 is 14.8 Å². The number of nitrogens with one attached hydrogen (secondary N) is 1. The monoisotopic (exact) mass is 257 g/mol. The van der Waals surface area contributed by atoms with Crippen molar-refractivity contribution in [2.75, 3.05) is 19.0 Å². The minimum absolute atomic E-state index is 0. The number of carbonyl (C=O) groups excluding carboxylic acids is 1. The second-order valence-corrected chi connectivity index (χ2v) is 3.68. The van der Waals surface area contributed by atoms with Crippen LogP contribution >= 0.6 is 12.4 Å². The molecular formula is C12H16ClNO3. The molecule has 1 atom stereocenters. The van der Waals surface area contributed by atoms with E-state index in [9.17, 15) is 4.79 Å². The Hall–Kier alpha value is -1.42. The molecule has 17 heavy (non-hydrogen) atoms. The van der Waals surface area contributed by atoms with E-state index in [1.165, 1.54) is 0 Å². The SMILES string of the molecule is CCOC(=O)[C@@H]1Cc2ccc(OC)cc2N1.Cl. The molecule has 1 aliphatic heterocycles. The summed E-state index contributed by atoms with van der Waals surface area (Å²) in [5, 5.41) is 3.14. The first-order valence-corrected chi connectivity index (χ1v) is 5.34. The second kappa shape index (κ2) is 5.77. The number of carbonyl (C=O) groups is 1. The van der Waals surface area contributed by atoms with Crippen molar-refractivity contribution in [3.63, 3.8) is 0 Å². The van der Waals surface area contributed by atoms with Crippen molar-refractivity contribution in [1.29, 1.82) is 0 Å². The number of anilines is 1. The Morgan fingerprint density at radius 3 is 2.94 bits per heavy atom. The molecule has 2 rings (SSSR count). The Kier molecular flexibility index (Phi) is 4.63. The molecule has 0 amide bonds. The highest BCUT2D eigenvalue weighted by Gasteiger charge is 2.27. The third-order valence-electron chi connectivity index (χ3n) is 2.64. The molecule has 1 heterocycles. The minimum atomic E-state index is -0.262. The number of methoxy groups -OCH3 is 1. The first kappa shape index (κ1) is 13.6. The van der Waals surface area contributed by atoms with E-state index in [-0.39, 0.29) is 24.4 Å². The van der Waals surface area contributed by atoms with Gasteiger partial charge in [0, 0.05) is 18.2 Å². The van der Waals surface area contributed by atoms with Crippen LogP contribution in [-0.2, 0) is 16.0 Å². The zero-order chi connectivity index (χ0) is 11.5. The molecular weight excluding hydrogens is 242 g/mol. The molecule has 1 aromatic rings. The average molecular weight is 258 g/mol. The summed E-state index contributed by atoms with van der Waals surface area (Å²) in [6.07, 6.45) is 0.679. The van der Waals surface area contributed by atoms with E-state index in [1.54, 1.807) is 7.11 Å². The first-order valence-electron chi connectivity index (χ1n) is 5.34. The van der Waals surface area contributed by atoms with Crippen LogP contribution in [0.2, 0.25) is 0 Å². The fourth-order valence-corrected chi connectivity index (χ4v) is 1.84. The third-order valence-corrected chi connectivity index (χ3v) is 2.64. The van der Waals surface area contributed by atoms with Crippen LogP contribution in [0.1, 0.15) is 12.5 Å². The summed E-state index contributed by atoms with van der Waals surface area (Å²) < 4.78 is 10.1. The van der Waals surface area contributed by atoms with Gasteiger partial charge in [0.05, 0.1) is 13.7 Å². The number of hydrogen-bond donors (Lipinski definition) is 1. The molecule has 0 saturated heterocycles. The number of halogens is 1. The molecule has 94 valence electrons. The lowest BCUT2D eigenvalue weighted by Gasteiger charge is -2.09. The van der Waals surface area contributed by atoms with Crippen molar-refractivity contribution in [2.24, 2.45) is 0 Å². The Morgan fingerprint density at radius 2 is 2.29 bits per heavy atom. The molecule has 0 fully saturated rings. The maximum atomic E-state index is 11.6. The van der Waals surface area contributed by atoms with E-state index >= 15 is 0 Å². The van der Waals surface area contributed by atoms with Crippen LogP contribution < -0.4 is 10.1 Å². The molecule has 0 radical (unpaired) electrons. The number of hydrogen-bond acceptors (Lipinski definition) is 4. The lowest BCUT2D eigenvalue weighted by molar-refractivity contribution is -0.143. The molecule has 5 heteroatoms. The number of fused-ring (bicyclic) bond motifs is 1. The van der Waals surface area contributed by atoms with Gasteiger partial charge in [0.1, 0.15) is 11.8 Å². The molecule has 0 aromatic heterocycles. The summed E-state index contributed by atoms with van der Waals surface area (Å²) in [4.78, 5) is 11.6. The summed E-state index contributed by atoms with van der Waals surface area (Å²) in [5.41, 5.74) is 2.08. The van der Waals surface area contributed by atoms with Crippen LogP contribution in [0.3, 0.4) is 0 Å². The van der Waals surface area contributed by atoms with Crippen LogP contribution in [0, 0.1) is 0 Å². The van der Waals surface area contributed by atoms with Crippen molar-refractivity contribution in [3.8, 4) is 5.75 Å². The number of ether oxygens (including phenoxy) is 2. The van der Waals surface area contributed by atoms with Gasteiger partial charge in [-0.1, -0.05) is 6.07 Å². The Bertz CT molecular complexity index is 409. The predicted molar refractivity (Wildman–Crippen MR) is 68.0 cm³/mol. The highest BCUT2D eigenvalue weighted by atomic mass is 35.5. The fourth-order valence-electron chi connectivity index (χ4n) is 1.84. The lowest BCUT2D eigenvalue weighted by atomic mass is 10.1. The second-order valence-electron chi connectivity index (χ2n) is 3.68. The van der Waals surface area contributed by atoms with Crippen molar-refractivity contribution < 1.29 is 14.3 Å². The molecule has 0 saturated carbocycles. The topological polar surface area (TPSA) is 47.6 Å². The van der Waals surface area contributed by atoms with E-state index < -0.39 is 0 Å². The summed E-state index contributed by atoms with van der Waals surface area (Å²) in [5.74, 6) is 0.591. The van der Waals surface area contributed by atoms with Crippen LogP contribution in [0.5, 0.6) is 5.75 Å². The molecule has 0 aliphatic carbocycles. The zero-order valence-corrected chi connectivity index (χ0v) is 10.7. The van der Waals surface area contributed by atoms with Crippen LogP contribution in [0.4, 0.5) is 5.69 Å². The van der Waals surface area contributed by atoms with Crippen LogP contribution in [0.25, 0.3) is 0 Å². The van der Waals surface area contributed by atoms with Gasteiger partial charge in [-0.2, -0.15) is 0 Å². The summed E-state index contributed by atoms with van der Waals surface area (Å²) >= 11 is 0. The summed E-state index contributed by atoms with van der Waals surface area (Å²) in [6, 6.07) is 5.50. The Morgan fingerprint density at radius 1 is 1.53 bits per heavy atom. The van der Waals surface area contributed by atoms with E-state index in [2.05, 4.69) is 5.32 Å². The van der Waals surface area contributed by atoms with Gasteiger partial charge in [0.2, 0.25) is 0 Å². The van der Waals surface area contributed by atoms with Gasteiger partial charge in [-0.05, 0) is 18.6 Å². The largest absolute Gasteiger partial charge is 0.497 e. The normalized spacial score (nSPS) is 16.5. The Balaban J connectivity index is 0.00000144. The maximum Gasteiger partial charge on any atom is 0.328 e. The Labute approximate surface area is 107 Å². The van der Waals surface area contributed by atoms with E-state index in [4.69, 9.17) is 9.47 Å². The smallest absolute Gasteiger partial charge is 0.328 e. The fraction of sp³-hybridized carbons (Fsp3) is 0.417. The molecule has 0 spiro atoms. The minimum Gasteiger partial charge on any atom is -0.497 e. The van der Waals surface area contributed by atoms with Gasteiger partial charge >= 0.3 is 5.97 Å². The van der Waals surface area contributed by atoms with Crippen molar-refractivity contribution >= 4 is 24.1 Å². The highest BCUT2D eigenvalue weighted by Crippen LogP contribution is 2.29. The number of esters is 1. The molecule has 0 unspecified atom stereocenters. The summed E-state index contributed by atoms with van der Waals surface area (Å²) in [6.45, 7) is 2.22. The third kappa shape index (κ3) is 2.82. The molecule has 1 N–H and O–H groups in total. The average Bonchev–Trinajstić information content (AvgIpc) is 2.71. The van der Waals surface area contributed by atoms with Crippen LogP contribution in [0.15, 0.2) is 18.2 Å². The van der Waals surface area contributed by atoms with Crippen LogP contribution in [-0.4, -0.2) is 25.7 Å². The predicted octanol–water partition coefficient (Wildman–Crippen LogP) is 2.02. The highest BCUT2D eigenvalue weighted by molar-refractivity contribution is 5.85. The number of rotatable bonds is 3. The van der Waals surface area contributed by atoms with Gasteiger partial charge in [-0.3, -0.25) is 0 Å². The molecule has 0 bridgehead atoms. The van der Waals surface area contributed by atoms with Crippen molar-refractivity contribution in [3.05, 3.63) is 23.8 Å². The van der Waals surface area contributed by atoms with E-state index in [0.717, 1.165) is 17.0 Å². The van der Waals surface area contributed by atoms with Crippen molar-refractivity contribution in [1.82, 2.24) is 0 Å². The lowest BCUT2D eigenvalue weighted by Crippen LogP contribution is -2.28. The molecule has 1 aromatic carbocycles. The van der Waals surface area contributed by atoms with Gasteiger partial charge in [0.15, 0.2) is 0 Å². The van der Waals surface area contributed by atoms with Gasteiger partial charge in [-0.25, -0.2) is 4.79 Å². The first-order chi connectivity index (χ1) is 7.74. The summed E-state index contributed by atoms with van der Waals surface area (Å²) in [7, 11) is 1.62. The van der Waals surface area contributed by atoms with E-state index in [1.807, 2.05) is 25.1 Å². The van der Waals surface area contributed by atoms with Crippen molar-refractivity contribution in [2.45, 2.75) is 19.4 Å². The quantitative estimate of drug-likeness (QED) is 0.842. The maximum absolute atomic E-state index is 11.6. The van der Waals surface area contributed by atoms with Gasteiger partial charge in [0.25, 0.3) is 0 Å². The zero-order valence-electron chi connectivity index (χ0n) is 9.86.